The average molecular weight is 320 g/mol. The fourth-order valence-corrected chi connectivity index (χ4v) is 3.02. The van der Waals surface area contributed by atoms with E-state index >= 15 is 0 Å². The van der Waals surface area contributed by atoms with Crippen molar-refractivity contribution in [3.05, 3.63) is 24.2 Å². The standard InChI is InChI=1S/C18H28N2O3/c1-3-5-7-14(4-2)11-19-18(22)15-10-17(21)20(12-15)13-16-8-6-9-23-16/h6,8-9,14-15H,3-5,7,10-13H2,1-2H3,(H,19,22). The molecule has 1 aromatic rings. The first kappa shape index (κ1) is 17.6. The van der Waals surface area contributed by atoms with Gasteiger partial charge in [0, 0.05) is 19.5 Å². The van der Waals surface area contributed by atoms with E-state index in [1.165, 1.54) is 12.8 Å². The summed E-state index contributed by atoms with van der Waals surface area (Å²) in [6.45, 7) is 6.00. The maximum Gasteiger partial charge on any atom is 0.225 e. The molecule has 0 aromatic carbocycles. The van der Waals surface area contributed by atoms with Crippen LogP contribution in [-0.4, -0.2) is 29.8 Å². The molecule has 23 heavy (non-hydrogen) atoms. The number of rotatable bonds is 9. The minimum atomic E-state index is -0.235. The fourth-order valence-electron chi connectivity index (χ4n) is 3.02. The minimum Gasteiger partial charge on any atom is -0.467 e. The van der Waals surface area contributed by atoms with Gasteiger partial charge in [-0.15, -0.1) is 0 Å². The smallest absolute Gasteiger partial charge is 0.225 e. The SMILES string of the molecule is CCCCC(CC)CNC(=O)C1CC(=O)N(Cc2ccco2)C1. The van der Waals surface area contributed by atoms with Crippen LogP contribution in [0.25, 0.3) is 0 Å². The van der Waals surface area contributed by atoms with Crippen molar-refractivity contribution in [1.29, 1.82) is 0 Å². The quantitative estimate of drug-likeness (QED) is 0.761. The van der Waals surface area contributed by atoms with E-state index in [0.717, 1.165) is 25.1 Å². The predicted octanol–water partition coefficient (Wildman–Crippen LogP) is 2.96. The van der Waals surface area contributed by atoms with E-state index < -0.39 is 0 Å². The molecule has 1 aromatic heterocycles. The lowest BCUT2D eigenvalue weighted by atomic mass is 9.99. The highest BCUT2D eigenvalue weighted by molar-refractivity contribution is 5.89. The van der Waals surface area contributed by atoms with Gasteiger partial charge in [0.2, 0.25) is 11.8 Å². The summed E-state index contributed by atoms with van der Waals surface area (Å²) in [4.78, 5) is 26.1. The van der Waals surface area contributed by atoms with Gasteiger partial charge in [0.1, 0.15) is 5.76 Å². The molecular formula is C18H28N2O3. The summed E-state index contributed by atoms with van der Waals surface area (Å²) >= 11 is 0. The summed E-state index contributed by atoms with van der Waals surface area (Å²) in [6.07, 6.45) is 6.52. The number of nitrogens with zero attached hydrogens (tertiary/aromatic N) is 1. The Bertz CT molecular complexity index is 498. The Hall–Kier alpha value is -1.78. The highest BCUT2D eigenvalue weighted by Crippen LogP contribution is 2.21. The third-order valence-corrected chi connectivity index (χ3v) is 4.62. The van der Waals surface area contributed by atoms with E-state index in [1.807, 2.05) is 6.07 Å². The van der Waals surface area contributed by atoms with Crippen molar-refractivity contribution < 1.29 is 14.0 Å². The van der Waals surface area contributed by atoms with Crippen molar-refractivity contribution in [1.82, 2.24) is 10.2 Å². The molecule has 1 aliphatic heterocycles. The van der Waals surface area contributed by atoms with E-state index in [-0.39, 0.29) is 17.7 Å². The molecule has 0 radical (unpaired) electrons. The normalized spacial score (nSPS) is 19.1. The Kier molecular flexibility index (Phi) is 6.68. The number of carbonyl (C=O) groups is 2. The number of amides is 2. The molecular weight excluding hydrogens is 292 g/mol. The molecule has 5 heteroatoms. The molecule has 128 valence electrons. The Morgan fingerprint density at radius 1 is 1.48 bits per heavy atom. The molecule has 2 heterocycles. The van der Waals surface area contributed by atoms with Crippen molar-refractivity contribution in [2.75, 3.05) is 13.1 Å². The van der Waals surface area contributed by atoms with Gasteiger partial charge in [0.15, 0.2) is 0 Å². The molecule has 1 saturated heterocycles. The Labute approximate surface area is 138 Å². The lowest BCUT2D eigenvalue weighted by Crippen LogP contribution is -2.35. The number of nitrogens with one attached hydrogen (secondary N) is 1. The summed E-state index contributed by atoms with van der Waals surface area (Å²) in [7, 11) is 0. The van der Waals surface area contributed by atoms with Gasteiger partial charge >= 0.3 is 0 Å². The maximum atomic E-state index is 12.3. The van der Waals surface area contributed by atoms with E-state index in [0.29, 0.717) is 25.4 Å². The first-order valence-electron chi connectivity index (χ1n) is 8.71. The zero-order valence-corrected chi connectivity index (χ0v) is 14.2. The Balaban J connectivity index is 1.78. The Morgan fingerprint density at radius 2 is 2.30 bits per heavy atom. The van der Waals surface area contributed by atoms with Crippen LogP contribution in [0.3, 0.4) is 0 Å². The van der Waals surface area contributed by atoms with Crippen molar-refractivity contribution in [2.45, 2.75) is 52.5 Å². The zero-order chi connectivity index (χ0) is 16.7. The van der Waals surface area contributed by atoms with Crippen LogP contribution >= 0.6 is 0 Å². The molecule has 0 saturated carbocycles. The van der Waals surface area contributed by atoms with Gasteiger partial charge in [-0.3, -0.25) is 9.59 Å². The number of hydrogen-bond donors (Lipinski definition) is 1. The van der Waals surface area contributed by atoms with Crippen LogP contribution in [0.2, 0.25) is 0 Å². The molecule has 0 bridgehead atoms. The second-order valence-corrected chi connectivity index (χ2v) is 6.42. The van der Waals surface area contributed by atoms with Crippen molar-refractivity contribution in [3.8, 4) is 0 Å². The van der Waals surface area contributed by atoms with Gasteiger partial charge in [-0.05, 0) is 24.5 Å². The molecule has 2 atom stereocenters. The summed E-state index contributed by atoms with van der Waals surface area (Å²) in [6, 6.07) is 3.65. The van der Waals surface area contributed by atoms with Crippen LogP contribution in [0.4, 0.5) is 0 Å². The lowest BCUT2D eigenvalue weighted by Gasteiger charge is -2.18. The first-order chi connectivity index (χ1) is 11.1. The summed E-state index contributed by atoms with van der Waals surface area (Å²) in [5.41, 5.74) is 0. The van der Waals surface area contributed by atoms with Crippen molar-refractivity contribution >= 4 is 11.8 Å². The molecule has 2 rings (SSSR count). The number of likely N-dealkylation sites (tertiary alicyclic amines) is 1. The largest absolute Gasteiger partial charge is 0.467 e. The zero-order valence-electron chi connectivity index (χ0n) is 14.2. The predicted molar refractivity (Wildman–Crippen MR) is 88.5 cm³/mol. The molecule has 0 aliphatic carbocycles. The second kappa shape index (κ2) is 8.75. The summed E-state index contributed by atoms with van der Waals surface area (Å²) < 4.78 is 5.28. The van der Waals surface area contributed by atoms with Gasteiger partial charge in [0.05, 0.1) is 18.7 Å². The number of hydrogen-bond acceptors (Lipinski definition) is 3. The monoisotopic (exact) mass is 320 g/mol. The molecule has 1 fully saturated rings. The minimum absolute atomic E-state index is 0.00948. The molecule has 0 spiro atoms. The topological polar surface area (TPSA) is 62.6 Å². The van der Waals surface area contributed by atoms with Crippen LogP contribution in [0.5, 0.6) is 0 Å². The van der Waals surface area contributed by atoms with Crippen LogP contribution in [0.15, 0.2) is 22.8 Å². The third kappa shape index (κ3) is 5.12. The molecule has 5 nitrogen and oxygen atoms in total. The number of carbonyl (C=O) groups excluding carboxylic acids is 2. The van der Waals surface area contributed by atoms with Gasteiger partial charge in [-0.2, -0.15) is 0 Å². The number of furan rings is 1. The highest BCUT2D eigenvalue weighted by Gasteiger charge is 2.34. The maximum absolute atomic E-state index is 12.3. The van der Waals surface area contributed by atoms with Crippen LogP contribution in [0.1, 0.15) is 51.7 Å². The molecule has 2 unspecified atom stereocenters. The van der Waals surface area contributed by atoms with Gasteiger partial charge < -0.3 is 14.6 Å². The van der Waals surface area contributed by atoms with E-state index in [1.54, 1.807) is 17.2 Å². The van der Waals surface area contributed by atoms with Crippen molar-refractivity contribution in [3.63, 3.8) is 0 Å². The molecule has 1 aliphatic rings. The molecule has 2 amide bonds. The lowest BCUT2D eigenvalue weighted by molar-refractivity contribution is -0.129. The van der Waals surface area contributed by atoms with Crippen LogP contribution in [-0.2, 0) is 16.1 Å². The van der Waals surface area contributed by atoms with Gasteiger partial charge in [-0.25, -0.2) is 0 Å². The van der Waals surface area contributed by atoms with Crippen LogP contribution < -0.4 is 5.32 Å². The van der Waals surface area contributed by atoms with Gasteiger partial charge in [-0.1, -0.05) is 33.1 Å². The fraction of sp³-hybridized carbons (Fsp3) is 0.667. The second-order valence-electron chi connectivity index (χ2n) is 6.42. The number of unbranched alkanes of at least 4 members (excludes halogenated alkanes) is 1. The van der Waals surface area contributed by atoms with E-state index in [2.05, 4.69) is 19.2 Å². The van der Waals surface area contributed by atoms with E-state index in [9.17, 15) is 9.59 Å². The highest BCUT2D eigenvalue weighted by atomic mass is 16.3. The first-order valence-corrected chi connectivity index (χ1v) is 8.71. The molecule has 1 N–H and O–H groups in total. The van der Waals surface area contributed by atoms with E-state index in [4.69, 9.17) is 4.42 Å². The van der Waals surface area contributed by atoms with Crippen LogP contribution in [0, 0.1) is 11.8 Å². The average Bonchev–Trinajstić information content (AvgIpc) is 3.18. The summed E-state index contributed by atoms with van der Waals surface area (Å²) in [5, 5.41) is 3.04. The third-order valence-electron chi connectivity index (χ3n) is 4.62. The summed E-state index contributed by atoms with van der Waals surface area (Å²) in [5.74, 6) is 1.09. The van der Waals surface area contributed by atoms with Gasteiger partial charge in [0.25, 0.3) is 0 Å². The van der Waals surface area contributed by atoms with Crippen molar-refractivity contribution in [2.24, 2.45) is 11.8 Å². The Morgan fingerprint density at radius 3 is 2.96 bits per heavy atom.